The minimum atomic E-state index is -0.666. The number of aliphatic hydroxyl groups excluding tert-OH is 1. The molecule has 0 saturated heterocycles. The zero-order valence-electron chi connectivity index (χ0n) is 10.3. The second kappa shape index (κ2) is 5.83. The molecule has 2 fully saturated rings. The number of carbonyl (C=O) groups is 1. The van der Waals surface area contributed by atoms with Crippen LogP contribution in [0.1, 0.15) is 51.4 Å². The first-order valence-electron chi connectivity index (χ1n) is 6.83. The predicted molar refractivity (Wildman–Crippen MR) is 64.8 cm³/mol. The van der Waals surface area contributed by atoms with Crippen LogP contribution in [0.25, 0.3) is 0 Å². The van der Waals surface area contributed by atoms with E-state index < -0.39 is 5.97 Å². The SMILES string of the molecule is O=C(O)C1CCCC(NC2CCCCC2O)C1. The largest absolute Gasteiger partial charge is 0.481 e. The molecular formula is C13H23NO3. The van der Waals surface area contributed by atoms with Gasteiger partial charge in [-0.3, -0.25) is 4.79 Å². The fourth-order valence-electron chi connectivity index (χ4n) is 3.17. The normalized spacial score (nSPS) is 38.9. The number of carboxylic acid groups (broad SMARTS) is 1. The lowest BCUT2D eigenvalue weighted by atomic mass is 9.84. The Kier molecular flexibility index (Phi) is 4.40. The van der Waals surface area contributed by atoms with Crippen molar-refractivity contribution in [2.24, 2.45) is 5.92 Å². The molecule has 3 N–H and O–H groups in total. The van der Waals surface area contributed by atoms with Crippen LogP contribution in [-0.4, -0.2) is 34.4 Å². The smallest absolute Gasteiger partial charge is 0.306 e. The third-order valence-corrected chi connectivity index (χ3v) is 4.20. The number of hydrogen-bond acceptors (Lipinski definition) is 3. The Morgan fingerprint density at radius 1 is 1.06 bits per heavy atom. The van der Waals surface area contributed by atoms with Crippen LogP contribution >= 0.6 is 0 Å². The van der Waals surface area contributed by atoms with E-state index in [-0.39, 0.29) is 24.1 Å². The highest BCUT2D eigenvalue weighted by Crippen LogP contribution is 2.26. The molecule has 2 saturated carbocycles. The zero-order chi connectivity index (χ0) is 12.3. The van der Waals surface area contributed by atoms with Gasteiger partial charge in [0.15, 0.2) is 0 Å². The number of hydrogen-bond donors (Lipinski definition) is 3. The molecule has 0 spiro atoms. The third kappa shape index (κ3) is 3.42. The Hall–Kier alpha value is -0.610. The van der Waals surface area contributed by atoms with Crippen molar-refractivity contribution in [1.29, 1.82) is 0 Å². The van der Waals surface area contributed by atoms with Gasteiger partial charge in [-0.25, -0.2) is 0 Å². The van der Waals surface area contributed by atoms with Gasteiger partial charge < -0.3 is 15.5 Å². The van der Waals surface area contributed by atoms with Crippen molar-refractivity contribution in [2.45, 2.75) is 69.6 Å². The Morgan fingerprint density at radius 3 is 2.53 bits per heavy atom. The minimum Gasteiger partial charge on any atom is -0.481 e. The lowest BCUT2D eigenvalue weighted by molar-refractivity contribution is -0.143. The van der Waals surface area contributed by atoms with Gasteiger partial charge in [0.25, 0.3) is 0 Å². The van der Waals surface area contributed by atoms with E-state index in [0.717, 1.165) is 44.9 Å². The highest BCUT2D eigenvalue weighted by Gasteiger charge is 2.30. The molecule has 4 nitrogen and oxygen atoms in total. The maximum Gasteiger partial charge on any atom is 0.306 e. The van der Waals surface area contributed by atoms with Gasteiger partial charge in [-0.2, -0.15) is 0 Å². The van der Waals surface area contributed by atoms with Crippen LogP contribution in [0.15, 0.2) is 0 Å². The molecule has 0 aliphatic heterocycles. The Morgan fingerprint density at radius 2 is 1.82 bits per heavy atom. The molecule has 17 heavy (non-hydrogen) atoms. The summed E-state index contributed by atoms with van der Waals surface area (Å²) in [5, 5.41) is 22.4. The molecule has 98 valence electrons. The molecule has 0 aromatic heterocycles. The zero-order valence-corrected chi connectivity index (χ0v) is 10.3. The Labute approximate surface area is 102 Å². The molecule has 2 rings (SSSR count). The van der Waals surface area contributed by atoms with E-state index in [0.29, 0.717) is 0 Å². The quantitative estimate of drug-likeness (QED) is 0.700. The van der Waals surface area contributed by atoms with Crippen molar-refractivity contribution in [2.75, 3.05) is 0 Å². The summed E-state index contributed by atoms with van der Waals surface area (Å²) in [4.78, 5) is 11.0. The number of nitrogens with one attached hydrogen (secondary N) is 1. The van der Waals surface area contributed by atoms with E-state index in [1.807, 2.05) is 0 Å². The second-order valence-electron chi connectivity index (χ2n) is 5.52. The van der Waals surface area contributed by atoms with Crippen molar-refractivity contribution in [3.8, 4) is 0 Å². The molecule has 0 amide bonds. The van der Waals surface area contributed by atoms with E-state index in [1.165, 1.54) is 6.42 Å². The second-order valence-corrected chi connectivity index (χ2v) is 5.52. The lowest BCUT2D eigenvalue weighted by Crippen LogP contribution is -2.48. The molecule has 4 heteroatoms. The van der Waals surface area contributed by atoms with Crippen LogP contribution in [0, 0.1) is 5.92 Å². The fourth-order valence-corrected chi connectivity index (χ4v) is 3.17. The molecule has 0 aromatic rings. The van der Waals surface area contributed by atoms with Crippen molar-refractivity contribution in [1.82, 2.24) is 5.32 Å². The van der Waals surface area contributed by atoms with Crippen molar-refractivity contribution >= 4 is 5.97 Å². The van der Waals surface area contributed by atoms with Crippen molar-refractivity contribution in [3.05, 3.63) is 0 Å². The summed E-state index contributed by atoms with van der Waals surface area (Å²) in [6, 6.07) is 0.462. The topological polar surface area (TPSA) is 69.6 Å². The highest BCUT2D eigenvalue weighted by molar-refractivity contribution is 5.70. The molecule has 0 heterocycles. The van der Waals surface area contributed by atoms with Gasteiger partial charge in [0.2, 0.25) is 0 Å². The number of rotatable bonds is 3. The molecule has 4 unspecified atom stereocenters. The first-order valence-corrected chi connectivity index (χ1v) is 6.83. The standard InChI is InChI=1S/C13H23NO3/c15-12-7-2-1-6-11(12)14-10-5-3-4-9(8-10)13(16)17/h9-12,14-15H,1-8H2,(H,16,17). The summed E-state index contributed by atoms with van der Waals surface area (Å²) in [6.45, 7) is 0. The summed E-state index contributed by atoms with van der Waals surface area (Å²) < 4.78 is 0. The summed E-state index contributed by atoms with van der Waals surface area (Å²) in [6.07, 6.45) is 7.51. The van der Waals surface area contributed by atoms with E-state index in [2.05, 4.69) is 5.32 Å². The molecule has 4 atom stereocenters. The maximum atomic E-state index is 11.0. The first-order chi connectivity index (χ1) is 8.16. The van der Waals surface area contributed by atoms with Gasteiger partial charge in [-0.15, -0.1) is 0 Å². The third-order valence-electron chi connectivity index (χ3n) is 4.20. The molecule has 0 bridgehead atoms. The highest BCUT2D eigenvalue weighted by atomic mass is 16.4. The van der Waals surface area contributed by atoms with Crippen LogP contribution in [0.4, 0.5) is 0 Å². The minimum absolute atomic E-state index is 0.182. The lowest BCUT2D eigenvalue weighted by Gasteiger charge is -2.35. The number of aliphatic carboxylic acids is 1. The summed E-state index contributed by atoms with van der Waals surface area (Å²) >= 11 is 0. The van der Waals surface area contributed by atoms with Crippen LogP contribution in [-0.2, 0) is 4.79 Å². The van der Waals surface area contributed by atoms with Gasteiger partial charge in [0.1, 0.15) is 0 Å². The van der Waals surface area contributed by atoms with E-state index in [4.69, 9.17) is 5.11 Å². The first kappa shape index (κ1) is 12.8. The van der Waals surface area contributed by atoms with Gasteiger partial charge in [0, 0.05) is 12.1 Å². The fraction of sp³-hybridized carbons (Fsp3) is 0.923. The Bertz CT molecular complexity index is 269. The average Bonchev–Trinajstić information content (AvgIpc) is 2.32. The number of carboxylic acids is 1. The molecule has 0 aromatic carbocycles. The summed E-state index contributed by atoms with van der Waals surface area (Å²) in [5.41, 5.74) is 0. The van der Waals surface area contributed by atoms with Crippen LogP contribution in [0.3, 0.4) is 0 Å². The van der Waals surface area contributed by atoms with E-state index >= 15 is 0 Å². The van der Waals surface area contributed by atoms with Crippen LogP contribution < -0.4 is 5.32 Å². The van der Waals surface area contributed by atoms with Gasteiger partial charge >= 0.3 is 5.97 Å². The van der Waals surface area contributed by atoms with Crippen molar-refractivity contribution in [3.63, 3.8) is 0 Å². The average molecular weight is 241 g/mol. The summed E-state index contributed by atoms with van der Waals surface area (Å²) in [7, 11) is 0. The van der Waals surface area contributed by atoms with Gasteiger partial charge in [0.05, 0.1) is 12.0 Å². The van der Waals surface area contributed by atoms with Gasteiger partial charge in [-0.05, 0) is 32.1 Å². The maximum absolute atomic E-state index is 11.0. The molecule has 2 aliphatic carbocycles. The van der Waals surface area contributed by atoms with Gasteiger partial charge in [-0.1, -0.05) is 19.3 Å². The Balaban J connectivity index is 1.83. The van der Waals surface area contributed by atoms with Crippen molar-refractivity contribution < 1.29 is 15.0 Å². The number of aliphatic hydroxyl groups is 1. The molecule has 0 radical (unpaired) electrons. The molecule has 2 aliphatic rings. The van der Waals surface area contributed by atoms with E-state index in [1.54, 1.807) is 0 Å². The predicted octanol–water partition coefficient (Wildman–Crippen LogP) is 1.52. The molecular weight excluding hydrogens is 218 g/mol. The van der Waals surface area contributed by atoms with Crippen LogP contribution in [0.2, 0.25) is 0 Å². The monoisotopic (exact) mass is 241 g/mol. The van der Waals surface area contributed by atoms with Crippen LogP contribution in [0.5, 0.6) is 0 Å². The van der Waals surface area contributed by atoms with E-state index in [9.17, 15) is 9.90 Å². The summed E-state index contributed by atoms with van der Waals surface area (Å²) in [5.74, 6) is -0.859.